The summed E-state index contributed by atoms with van der Waals surface area (Å²) in [5.41, 5.74) is -4.36. The molecular weight excluding hydrogens is 473 g/mol. The fraction of sp³-hybridized carbons (Fsp3) is 0.600. The van der Waals surface area contributed by atoms with E-state index >= 15 is 0 Å². The summed E-state index contributed by atoms with van der Waals surface area (Å²) in [6.07, 6.45) is -3.87. The average molecular weight is 497 g/mol. The molecule has 1 aromatic rings. The number of rotatable bonds is 3. The van der Waals surface area contributed by atoms with Crippen molar-refractivity contribution in [1.82, 2.24) is 4.90 Å². The lowest BCUT2D eigenvalue weighted by Crippen LogP contribution is -2.47. The van der Waals surface area contributed by atoms with Gasteiger partial charge in [0, 0.05) is 31.5 Å². The van der Waals surface area contributed by atoms with Gasteiger partial charge in [0.05, 0.1) is 22.5 Å². The number of amidine groups is 1. The molecule has 1 spiro atoms. The third kappa shape index (κ3) is 5.77. The number of alkyl halides is 3. The van der Waals surface area contributed by atoms with Crippen LogP contribution in [-0.4, -0.2) is 68.7 Å². The number of likely N-dealkylation sites (tertiary alicyclic amines) is 1. The molecule has 1 amide bonds. The molecule has 1 unspecified atom stereocenters. The fourth-order valence-electron chi connectivity index (χ4n) is 3.80. The Hall–Kier alpha value is -2.05. The molecule has 2 heterocycles. The Morgan fingerprint density at radius 1 is 1.29 bits per heavy atom. The Balaban J connectivity index is 0.00000199. The first-order valence-corrected chi connectivity index (χ1v) is 11.4. The van der Waals surface area contributed by atoms with E-state index in [2.05, 4.69) is 4.99 Å². The minimum atomic E-state index is -4.98. The van der Waals surface area contributed by atoms with E-state index in [9.17, 15) is 28.1 Å². The second kappa shape index (κ2) is 11.1. The zero-order valence-corrected chi connectivity index (χ0v) is 20.1. The lowest BCUT2D eigenvalue weighted by Gasteiger charge is -2.38. The molecule has 0 saturated carbocycles. The van der Waals surface area contributed by atoms with Gasteiger partial charge in [0.25, 0.3) is 5.69 Å². The minimum Gasteiger partial charge on any atom is -0.350 e. The molecule has 4 radical (unpaired) electrons. The number of amides is 1. The third-order valence-electron chi connectivity index (χ3n) is 5.37. The van der Waals surface area contributed by atoms with E-state index in [-0.39, 0.29) is 28.1 Å². The molecule has 34 heavy (non-hydrogen) atoms. The molecule has 0 N–H and O–H groups in total. The number of aliphatic imine (C=N–C) groups is 1. The predicted octanol–water partition coefficient (Wildman–Crippen LogP) is 2.37. The highest BCUT2D eigenvalue weighted by Gasteiger charge is 2.44. The maximum Gasteiger partial charge on any atom is 0.415 e. The van der Waals surface area contributed by atoms with Crippen LogP contribution in [0.15, 0.2) is 9.89 Å². The van der Waals surface area contributed by atoms with Gasteiger partial charge in [-0.2, -0.15) is 18.2 Å². The summed E-state index contributed by atoms with van der Waals surface area (Å²) in [7, 11) is 11.2. The molecule has 1 aromatic carbocycles. The summed E-state index contributed by atoms with van der Waals surface area (Å²) in [6, 6.07) is 0. The van der Waals surface area contributed by atoms with Crippen LogP contribution < -0.4 is 10.9 Å². The van der Waals surface area contributed by atoms with Crippen molar-refractivity contribution in [2.24, 2.45) is 4.99 Å². The topological polar surface area (TPSA) is 94.3 Å². The van der Waals surface area contributed by atoms with Gasteiger partial charge >= 0.3 is 6.18 Å². The number of nitro groups is 1. The molecule has 0 aliphatic carbocycles. The minimum absolute atomic E-state index is 0.0533. The Morgan fingerprint density at radius 2 is 1.88 bits per heavy atom. The third-order valence-corrected chi connectivity index (χ3v) is 6.62. The lowest BCUT2D eigenvalue weighted by molar-refractivity contribution is -0.386. The molecule has 14 heteroatoms. The average Bonchev–Trinajstić information content (AvgIpc) is 3.12. The van der Waals surface area contributed by atoms with Crippen molar-refractivity contribution in [1.29, 1.82) is 0 Å². The van der Waals surface area contributed by atoms with Crippen molar-refractivity contribution in [2.45, 2.75) is 63.5 Å². The molecule has 2 aliphatic rings. The van der Waals surface area contributed by atoms with Crippen LogP contribution in [0.2, 0.25) is 0 Å². The smallest absolute Gasteiger partial charge is 0.350 e. The largest absolute Gasteiger partial charge is 0.415 e. The number of piperidine rings is 1. The lowest BCUT2D eigenvalue weighted by atomic mass is 9.77. The van der Waals surface area contributed by atoms with Gasteiger partial charge in [-0.3, -0.25) is 14.9 Å². The standard InChI is InChI=1S/C18H18B2F3N3O5S.C2H6/c1-9-7-30-17(31-9)3-5-25(6-4-17)16(24-8-27)32-15-10(2)12(19)11(18(21,22)23)13(20)14(15)26(28)29;1-2/h8-9H,3-7H2,1-2H3;1-2H3. The van der Waals surface area contributed by atoms with Crippen LogP contribution in [0.5, 0.6) is 0 Å². The Kier molecular flexibility index (Phi) is 9.23. The molecule has 0 bridgehead atoms. The van der Waals surface area contributed by atoms with E-state index in [0.29, 0.717) is 44.3 Å². The SMILES string of the molecule is CC.[B]c1c(C)c(SC(=NC=O)N2CCC3(CC2)OCC(C)O3)c([N+](=O)[O-])c([B])c1C(F)(F)F. The zero-order valence-electron chi connectivity index (χ0n) is 19.3. The van der Waals surface area contributed by atoms with E-state index in [1.165, 1.54) is 6.92 Å². The molecular formula is C20H24B2F3N3O5S. The van der Waals surface area contributed by atoms with Crippen LogP contribution in [0.3, 0.4) is 0 Å². The van der Waals surface area contributed by atoms with Gasteiger partial charge < -0.3 is 14.4 Å². The summed E-state index contributed by atoms with van der Waals surface area (Å²) < 4.78 is 51.9. The van der Waals surface area contributed by atoms with Crippen LogP contribution in [0.4, 0.5) is 18.9 Å². The molecule has 0 aromatic heterocycles. The summed E-state index contributed by atoms with van der Waals surface area (Å²) in [4.78, 5) is 27.1. The van der Waals surface area contributed by atoms with Crippen molar-refractivity contribution in [2.75, 3.05) is 19.7 Å². The zero-order chi connectivity index (χ0) is 25.8. The number of ether oxygens (including phenoxy) is 2. The maximum atomic E-state index is 13.4. The summed E-state index contributed by atoms with van der Waals surface area (Å²) in [5.74, 6) is -0.738. The number of nitrogens with zero attached hydrogens (tertiary/aromatic N) is 3. The van der Waals surface area contributed by atoms with E-state index < -0.39 is 39.1 Å². The fourth-order valence-corrected chi connectivity index (χ4v) is 4.93. The van der Waals surface area contributed by atoms with Crippen molar-refractivity contribution in [3.63, 3.8) is 0 Å². The summed E-state index contributed by atoms with van der Waals surface area (Å²) >= 11 is 0.675. The van der Waals surface area contributed by atoms with Crippen LogP contribution in [0.1, 0.15) is 44.7 Å². The highest BCUT2D eigenvalue weighted by Crippen LogP contribution is 2.39. The van der Waals surface area contributed by atoms with Crippen molar-refractivity contribution < 1.29 is 32.4 Å². The van der Waals surface area contributed by atoms with Crippen LogP contribution >= 0.6 is 11.8 Å². The maximum absolute atomic E-state index is 13.4. The molecule has 1 atom stereocenters. The first kappa shape index (κ1) is 28.2. The number of benzene rings is 1. The quantitative estimate of drug-likeness (QED) is 0.120. The molecule has 2 saturated heterocycles. The number of thioether (sulfide) groups is 1. The van der Waals surface area contributed by atoms with Gasteiger partial charge in [-0.1, -0.05) is 19.3 Å². The number of nitro benzene ring substituents is 1. The Morgan fingerprint density at radius 3 is 2.32 bits per heavy atom. The van der Waals surface area contributed by atoms with Gasteiger partial charge in [0.1, 0.15) is 15.7 Å². The first-order valence-electron chi connectivity index (χ1n) is 10.6. The number of hydrogen-bond acceptors (Lipinski definition) is 6. The molecule has 2 fully saturated rings. The number of halogens is 3. The molecule has 8 nitrogen and oxygen atoms in total. The van der Waals surface area contributed by atoms with Crippen molar-refractivity contribution in [3.05, 3.63) is 21.2 Å². The highest BCUT2D eigenvalue weighted by molar-refractivity contribution is 8.14. The molecule has 3 rings (SSSR count). The number of hydrogen-bond donors (Lipinski definition) is 0. The van der Waals surface area contributed by atoms with Gasteiger partial charge in [0.2, 0.25) is 6.41 Å². The van der Waals surface area contributed by atoms with Crippen LogP contribution in [0, 0.1) is 17.0 Å². The molecule has 182 valence electrons. The highest BCUT2D eigenvalue weighted by atomic mass is 32.2. The summed E-state index contributed by atoms with van der Waals surface area (Å²) in [6.45, 7) is 8.28. The van der Waals surface area contributed by atoms with Crippen LogP contribution in [-0.2, 0) is 20.4 Å². The summed E-state index contributed by atoms with van der Waals surface area (Å²) in [5, 5.41) is 11.7. The monoisotopic (exact) mass is 497 g/mol. The van der Waals surface area contributed by atoms with E-state index in [0.717, 1.165) is 0 Å². The van der Waals surface area contributed by atoms with E-state index in [4.69, 9.17) is 25.2 Å². The van der Waals surface area contributed by atoms with Crippen molar-refractivity contribution >= 4 is 55.6 Å². The predicted molar refractivity (Wildman–Crippen MR) is 124 cm³/mol. The molecule has 2 aliphatic heterocycles. The first-order chi connectivity index (χ1) is 15.9. The van der Waals surface area contributed by atoms with E-state index in [1.54, 1.807) is 4.90 Å². The van der Waals surface area contributed by atoms with Gasteiger partial charge in [-0.25, -0.2) is 0 Å². The Labute approximate surface area is 202 Å². The Bertz CT molecular complexity index is 970. The second-order valence-electron chi connectivity index (χ2n) is 7.52. The van der Waals surface area contributed by atoms with Crippen molar-refractivity contribution in [3.8, 4) is 0 Å². The number of carbonyl (C=O) groups excluding carboxylic acids is 1. The normalized spacial score (nSPS) is 20.1. The van der Waals surface area contributed by atoms with Gasteiger partial charge in [-0.15, -0.1) is 0 Å². The van der Waals surface area contributed by atoms with E-state index in [1.807, 2.05) is 20.8 Å². The second-order valence-corrected chi connectivity index (χ2v) is 8.49. The van der Waals surface area contributed by atoms with Gasteiger partial charge in [-0.05, 0) is 36.6 Å². The number of carbonyl (C=O) groups is 1. The van der Waals surface area contributed by atoms with Gasteiger partial charge in [0.15, 0.2) is 11.0 Å². The van der Waals surface area contributed by atoms with Crippen LogP contribution in [0.25, 0.3) is 0 Å².